The number of carbonyl (C=O) groups is 1. The predicted molar refractivity (Wildman–Crippen MR) is 94.1 cm³/mol. The number of carbonyl (C=O) groups excluding carboxylic acids is 1. The molecule has 3 aliphatic carbocycles. The van der Waals surface area contributed by atoms with Gasteiger partial charge in [0.25, 0.3) is 0 Å². The van der Waals surface area contributed by atoms with Crippen LogP contribution in [0.1, 0.15) is 43.2 Å². The number of phenols is 1. The average molecular weight is 356 g/mol. The van der Waals surface area contributed by atoms with E-state index in [0.29, 0.717) is 18.6 Å². The maximum absolute atomic E-state index is 12.8. The van der Waals surface area contributed by atoms with Crippen LogP contribution in [0, 0.1) is 5.92 Å². The summed E-state index contributed by atoms with van der Waals surface area (Å²) in [7, 11) is 2.31. The summed E-state index contributed by atoms with van der Waals surface area (Å²) in [6.45, 7) is 2.09. The lowest BCUT2D eigenvalue weighted by Crippen LogP contribution is -2.80. The molecule has 5 aliphatic rings. The highest BCUT2D eigenvalue weighted by atomic mass is 16.5. The third kappa shape index (κ3) is 1.55. The highest BCUT2D eigenvalue weighted by molar-refractivity contribution is 5.90. The fourth-order valence-corrected chi connectivity index (χ4v) is 6.94. The Morgan fingerprint density at radius 1 is 1.31 bits per heavy atom. The van der Waals surface area contributed by atoms with Gasteiger partial charge in [-0.3, -0.25) is 4.79 Å². The van der Waals surface area contributed by atoms with Crippen molar-refractivity contribution in [2.75, 3.05) is 20.1 Å². The van der Waals surface area contributed by atoms with E-state index in [-0.39, 0.29) is 17.6 Å². The van der Waals surface area contributed by atoms with Crippen LogP contribution in [0.25, 0.3) is 0 Å². The first-order valence-corrected chi connectivity index (χ1v) is 10.0. The number of Topliss-reactive ketones (excluding diaryl/α,β-unsaturated/α-hetero) is 1. The molecule has 1 aromatic carbocycles. The van der Waals surface area contributed by atoms with Crippen molar-refractivity contribution >= 4 is 5.78 Å². The summed E-state index contributed by atoms with van der Waals surface area (Å²) in [5, 5.41) is 22.5. The van der Waals surface area contributed by atoms with Crippen molar-refractivity contribution in [2.45, 2.75) is 61.7 Å². The number of phenolic OH excluding ortho intramolecular Hbond substituents is 1. The van der Waals surface area contributed by atoms with Crippen molar-refractivity contribution in [3.05, 3.63) is 23.3 Å². The van der Waals surface area contributed by atoms with Crippen molar-refractivity contribution in [1.29, 1.82) is 0 Å². The van der Waals surface area contributed by atoms with Crippen LogP contribution >= 0.6 is 0 Å². The Bertz CT molecular complexity index is 849. The van der Waals surface area contributed by atoms with E-state index in [9.17, 15) is 15.0 Å². The molecule has 138 valence electrons. The third-order valence-corrected chi connectivity index (χ3v) is 8.28. The molecule has 6 rings (SSSR count). The van der Waals surface area contributed by atoms with Crippen molar-refractivity contribution in [2.24, 2.45) is 5.92 Å². The molecule has 0 aromatic heterocycles. The van der Waals surface area contributed by atoms with Gasteiger partial charge in [-0.15, -0.1) is 0 Å². The summed E-state index contributed by atoms with van der Waals surface area (Å²) >= 11 is 0. The Labute approximate surface area is 153 Å². The third-order valence-electron chi connectivity index (χ3n) is 8.28. The lowest BCUT2D eigenvalue weighted by molar-refractivity contribution is -0.950. The van der Waals surface area contributed by atoms with E-state index >= 15 is 0 Å². The SMILES string of the molecule is C[N+]1(CC2CC2)CC[C@]23c4c5ccc(O)c4O[C@H]2C(=O)CCC3(O)[C@H]1C5. The van der Waals surface area contributed by atoms with Crippen LogP contribution in [0.15, 0.2) is 12.1 Å². The van der Waals surface area contributed by atoms with Crippen LogP contribution < -0.4 is 4.74 Å². The smallest absolute Gasteiger partial charge is 0.174 e. The maximum atomic E-state index is 12.8. The molecular formula is C21H26NO4+. The summed E-state index contributed by atoms with van der Waals surface area (Å²) in [6, 6.07) is 3.77. The number of nitrogens with zero attached hydrogens (tertiary/aromatic N) is 1. The molecule has 0 amide bonds. The minimum atomic E-state index is -0.931. The number of hydrogen-bond donors (Lipinski definition) is 2. The Balaban J connectivity index is 1.60. The average Bonchev–Trinajstić information content (AvgIpc) is 3.32. The van der Waals surface area contributed by atoms with Gasteiger partial charge in [-0.25, -0.2) is 0 Å². The second kappa shape index (κ2) is 4.45. The van der Waals surface area contributed by atoms with Crippen LogP contribution in [0.3, 0.4) is 0 Å². The summed E-state index contributed by atoms with van der Waals surface area (Å²) in [5.74, 6) is 1.42. The molecule has 1 aromatic rings. The van der Waals surface area contributed by atoms with Gasteiger partial charge in [-0.2, -0.15) is 0 Å². The molecule has 2 unspecified atom stereocenters. The molecule has 0 radical (unpaired) electrons. The molecule has 2 heterocycles. The van der Waals surface area contributed by atoms with Gasteiger partial charge in [0.05, 0.1) is 25.6 Å². The van der Waals surface area contributed by atoms with Gasteiger partial charge in [0.2, 0.25) is 0 Å². The quantitative estimate of drug-likeness (QED) is 0.791. The first-order chi connectivity index (χ1) is 12.4. The number of aliphatic hydroxyl groups is 1. The number of likely N-dealkylation sites (tertiary alicyclic amines) is 1. The zero-order chi connectivity index (χ0) is 17.9. The molecule has 2 saturated carbocycles. The van der Waals surface area contributed by atoms with Gasteiger partial charge in [0.1, 0.15) is 11.6 Å². The minimum absolute atomic E-state index is 0.0789. The fraction of sp³-hybridized carbons (Fsp3) is 0.667. The molecule has 2 N–H and O–H groups in total. The van der Waals surface area contributed by atoms with Crippen molar-refractivity contribution in [3.8, 4) is 11.5 Å². The standard InChI is InChI=1S/C21H25NO4/c1-22(11-12-2-3-12)9-8-20-17-13-4-5-14(23)18(17)26-19(20)15(24)6-7-21(20,25)16(22)10-13/h4-5,12,16,19,25H,2-3,6-11H2,1H3/p+1/t16-,19+,20+,21?,22?/m1/s1. The summed E-state index contributed by atoms with van der Waals surface area (Å²) < 4.78 is 6.98. The molecule has 5 nitrogen and oxygen atoms in total. The highest BCUT2D eigenvalue weighted by Crippen LogP contribution is 2.65. The number of ether oxygens (including phenoxy) is 1. The molecular weight excluding hydrogens is 330 g/mol. The van der Waals surface area contributed by atoms with E-state index in [1.54, 1.807) is 6.07 Å². The van der Waals surface area contributed by atoms with Crippen molar-refractivity contribution in [3.63, 3.8) is 0 Å². The maximum Gasteiger partial charge on any atom is 0.174 e. The van der Waals surface area contributed by atoms with E-state index in [2.05, 4.69) is 7.05 Å². The number of ketones is 1. The van der Waals surface area contributed by atoms with E-state index < -0.39 is 17.1 Å². The topological polar surface area (TPSA) is 66.8 Å². The number of rotatable bonds is 2. The van der Waals surface area contributed by atoms with E-state index in [1.165, 1.54) is 12.8 Å². The van der Waals surface area contributed by atoms with E-state index in [0.717, 1.165) is 47.5 Å². The van der Waals surface area contributed by atoms with Crippen LogP contribution in [0.2, 0.25) is 0 Å². The number of likely N-dealkylation sites (N-methyl/N-ethyl adjacent to an activating group) is 1. The second-order valence-electron chi connectivity index (χ2n) is 9.61. The Hall–Kier alpha value is -1.59. The Kier molecular flexibility index (Phi) is 2.65. The highest BCUT2D eigenvalue weighted by Gasteiger charge is 2.76. The molecule has 2 bridgehead atoms. The van der Waals surface area contributed by atoms with Gasteiger partial charge >= 0.3 is 0 Å². The monoisotopic (exact) mass is 356 g/mol. The molecule has 2 aliphatic heterocycles. The van der Waals surface area contributed by atoms with Gasteiger partial charge < -0.3 is 19.4 Å². The first-order valence-electron chi connectivity index (χ1n) is 10.0. The molecule has 1 saturated heterocycles. The number of quaternary nitrogens is 1. The van der Waals surface area contributed by atoms with Crippen molar-refractivity contribution < 1.29 is 24.2 Å². The van der Waals surface area contributed by atoms with Gasteiger partial charge in [-0.05, 0) is 30.9 Å². The normalized spacial score (nSPS) is 45.2. The lowest BCUT2D eigenvalue weighted by Gasteiger charge is -2.64. The first kappa shape index (κ1) is 15.5. The number of aromatic hydroxyl groups is 1. The van der Waals surface area contributed by atoms with Crippen LogP contribution in [0.5, 0.6) is 11.5 Å². The largest absolute Gasteiger partial charge is 0.504 e. The summed E-state index contributed by atoms with van der Waals surface area (Å²) in [4.78, 5) is 12.8. The van der Waals surface area contributed by atoms with Gasteiger partial charge in [0, 0.05) is 30.7 Å². The van der Waals surface area contributed by atoms with Gasteiger partial charge in [0.15, 0.2) is 23.4 Å². The minimum Gasteiger partial charge on any atom is -0.504 e. The Morgan fingerprint density at radius 2 is 2.12 bits per heavy atom. The molecule has 5 atom stereocenters. The van der Waals surface area contributed by atoms with Crippen molar-refractivity contribution in [1.82, 2.24) is 0 Å². The number of piperidine rings is 1. The number of hydrogen-bond acceptors (Lipinski definition) is 4. The summed E-state index contributed by atoms with van der Waals surface area (Å²) in [6.07, 6.45) is 4.42. The molecule has 3 fully saturated rings. The molecule has 5 heteroatoms. The second-order valence-corrected chi connectivity index (χ2v) is 9.61. The summed E-state index contributed by atoms with van der Waals surface area (Å²) in [5.41, 5.74) is 0.492. The molecule has 1 spiro atoms. The zero-order valence-corrected chi connectivity index (χ0v) is 15.2. The zero-order valence-electron chi connectivity index (χ0n) is 15.2. The molecule has 26 heavy (non-hydrogen) atoms. The van der Waals surface area contributed by atoms with E-state index in [1.807, 2.05) is 6.07 Å². The lowest BCUT2D eigenvalue weighted by atomic mass is 9.48. The van der Waals surface area contributed by atoms with E-state index in [4.69, 9.17) is 4.74 Å². The van der Waals surface area contributed by atoms with Crippen LogP contribution in [-0.4, -0.2) is 58.4 Å². The Morgan fingerprint density at radius 3 is 2.88 bits per heavy atom. The predicted octanol–water partition coefficient (Wildman–Crippen LogP) is 1.67. The fourth-order valence-electron chi connectivity index (χ4n) is 6.94. The van der Waals surface area contributed by atoms with Crippen LogP contribution in [0.4, 0.5) is 0 Å². The van der Waals surface area contributed by atoms with Gasteiger partial charge in [-0.1, -0.05) is 6.07 Å². The number of benzene rings is 1. The van der Waals surface area contributed by atoms with Crippen LogP contribution in [-0.2, 0) is 16.6 Å².